The SMILES string of the molecule is CC1(C)C[C@@H](c2ccc(Cl)c(F)c2)CO1. The summed E-state index contributed by atoms with van der Waals surface area (Å²) >= 11 is 5.64. The molecular weight excluding hydrogens is 215 g/mol. The Morgan fingerprint density at radius 3 is 2.73 bits per heavy atom. The van der Waals surface area contributed by atoms with Crippen molar-refractivity contribution in [1.82, 2.24) is 0 Å². The number of benzene rings is 1. The van der Waals surface area contributed by atoms with Crippen LogP contribution in [0.5, 0.6) is 0 Å². The Labute approximate surface area is 94.2 Å². The molecule has 0 aliphatic carbocycles. The molecule has 1 aromatic rings. The molecule has 2 rings (SSSR count). The first-order valence-corrected chi connectivity index (χ1v) is 5.45. The summed E-state index contributed by atoms with van der Waals surface area (Å²) in [6.45, 7) is 4.77. The van der Waals surface area contributed by atoms with E-state index in [4.69, 9.17) is 16.3 Å². The van der Waals surface area contributed by atoms with Crippen molar-refractivity contribution >= 4 is 11.6 Å². The molecule has 82 valence electrons. The highest BCUT2D eigenvalue weighted by Crippen LogP contribution is 2.36. The number of rotatable bonds is 1. The summed E-state index contributed by atoms with van der Waals surface area (Å²) in [5.74, 6) is -0.0642. The lowest BCUT2D eigenvalue weighted by Crippen LogP contribution is -2.16. The van der Waals surface area contributed by atoms with Gasteiger partial charge in [-0.3, -0.25) is 0 Å². The molecular formula is C12H14ClFO. The fraction of sp³-hybridized carbons (Fsp3) is 0.500. The van der Waals surface area contributed by atoms with E-state index >= 15 is 0 Å². The summed E-state index contributed by atoms with van der Waals surface area (Å²) in [6, 6.07) is 5.00. The summed E-state index contributed by atoms with van der Waals surface area (Å²) in [7, 11) is 0. The van der Waals surface area contributed by atoms with Crippen LogP contribution in [-0.4, -0.2) is 12.2 Å². The van der Waals surface area contributed by atoms with Gasteiger partial charge in [-0.2, -0.15) is 0 Å². The van der Waals surface area contributed by atoms with Crippen LogP contribution in [0.1, 0.15) is 31.7 Å². The maximum atomic E-state index is 13.3. The second kappa shape index (κ2) is 3.76. The van der Waals surface area contributed by atoms with Crippen LogP contribution in [-0.2, 0) is 4.74 Å². The number of hydrogen-bond acceptors (Lipinski definition) is 1. The van der Waals surface area contributed by atoms with Crippen molar-refractivity contribution in [2.45, 2.75) is 31.8 Å². The van der Waals surface area contributed by atoms with E-state index < -0.39 is 0 Å². The van der Waals surface area contributed by atoms with Gasteiger partial charge >= 0.3 is 0 Å². The molecule has 0 radical (unpaired) electrons. The van der Waals surface area contributed by atoms with Crippen molar-refractivity contribution in [3.05, 3.63) is 34.6 Å². The summed E-state index contributed by atoms with van der Waals surface area (Å²) in [5.41, 5.74) is 0.878. The van der Waals surface area contributed by atoms with Crippen molar-refractivity contribution in [2.24, 2.45) is 0 Å². The Balaban J connectivity index is 2.21. The van der Waals surface area contributed by atoms with Crippen molar-refractivity contribution in [3.63, 3.8) is 0 Å². The highest BCUT2D eigenvalue weighted by Gasteiger charge is 2.32. The van der Waals surface area contributed by atoms with Gasteiger partial charge in [0, 0.05) is 5.92 Å². The van der Waals surface area contributed by atoms with E-state index in [0.29, 0.717) is 6.61 Å². The molecule has 1 aliphatic rings. The fourth-order valence-electron chi connectivity index (χ4n) is 2.02. The van der Waals surface area contributed by atoms with Gasteiger partial charge in [-0.25, -0.2) is 4.39 Å². The maximum Gasteiger partial charge on any atom is 0.142 e. The van der Waals surface area contributed by atoms with Crippen LogP contribution in [0.3, 0.4) is 0 Å². The second-order valence-electron chi connectivity index (χ2n) is 4.65. The molecule has 1 atom stereocenters. The molecule has 0 spiro atoms. The van der Waals surface area contributed by atoms with E-state index in [9.17, 15) is 4.39 Å². The lowest BCUT2D eigenvalue weighted by Gasteiger charge is -2.15. The third kappa shape index (κ3) is 2.32. The highest BCUT2D eigenvalue weighted by atomic mass is 35.5. The van der Waals surface area contributed by atoms with Crippen molar-refractivity contribution in [3.8, 4) is 0 Å². The fourth-order valence-corrected chi connectivity index (χ4v) is 2.14. The largest absolute Gasteiger partial charge is 0.375 e. The average molecular weight is 229 g/mol. The molecule has 1 nitrogen and oxygen atoms in total. The molecule has 0 amide bonds. The third-order valence-electron chi connectivity index (χ3n) is 2.83. The van der Waals surface area contributed by atoms with Crippen LogP contribution in [0.4, 0.5) is 4.39 Å². The Morgan fingerprint density at radius 1 is 1.47 bits per heavy atom. The summed E-state index contributed by atoms with van der Waals surface area (Å²) in [5, 5.41) is 0.178. The van der Waals surface area contributed by atoms with E-state index in [0.717, 1.165) is 12.0 Å². The molecule has 0 aromatic heterocycles. The maximum absolute atomic E-state index is 13.3. The predicted molar refractivity (Wildman–Crippen MR) is 58.8 cm³/mol. The minimum absolute atomic E-state index is 0.0964. The lowest BCUT2D eigenvalue weighted by atomic mass is 9.92. The van der Waals surface area contributed by atoms with Gasteiger partial charge in [0.15, 0.2) is 0 Å². The molecule has 1 saturated heterocycles. The van der Waals surface area contributed by atoms with Gasteiger partial charge in [0.05, 0.1) is 17.2 Å². The smallest absolute Gasteiger partial charge is 0.142 e. The first-order valence-electron chi connectivity index (χ1n) is 5.07. The van der Waals surface area contributed by atoms with Gasteiger partial charge < -0.3 is 4.74 Å². The summed E-state index contributed by atoms with van der Waals surface area (Å²) in [4.78, 5) is 0. The molecule has 1 heterocycles. The van der Waals surface area contributed by atoms with Gasteiger partial charge in [0.1, 0.15) is 5.82 Å². The molecule has 0 saturated carbocycles. The van der Waals surface area contributed by atoms with Crippen LogP contribution >= 0.6 is 11.6 Å². The zero-order valence-corrected chi connectivity index (χ0v) is 9.64. The molecule has 1 aliphatic heterocycles. The number of halogens is 2. The van der Waals surface area contributed by atoms with E-state index in [1.807, 2.05) is 6.07 Å². The van der Waals surface area contributed by atoms with E-state index in [2.05, 4.69) is 13.8 Å². The van der Waals surface area contributed by atoms with Gasteiger partial charge in [-0.05, 0) is 38.0 Å². The number of hydrogen-bond donors (Lipinski definition) is 0. The molecule has 0 bridgehead atoms. The van der Waals surface area contributed by atoms with E-state index in [1.165, 1.54) is 6.07 Å². The second-order valence-corrected chi connectivity index (χ2v) is 5.05. The Morgan fingerprint density at radius 2 is 2.20 bits per heavy atom. The highest BCUT2D eigenvalue weighted by molar-refractivity contribution is 6.30. The first kappa shape index (κ1) is 10.9. The minimum atomic E-state index is -0.348. The molecule has 0 N–H and O–H groups in total. The Hall–Kier alpha value is -0.600. The average Bonchev–Trinajstić information content (AvgIpc) is 2.51. The topological polar surface area (TPSA) is 9.23 Å². The Bertz CT molecular complexity index is 376. The first-order chi connectivity index (χ1) is 6.98. The van der Waals surface area contributed by atoms with Crippen LogP contribution in [0.2, 0.25) is 5.02 Å². The summed E-state index contributed by atoms with van der Waals surface area (Å²) in [6.07, 6.45) is 0.925. The monoisotopic (exact) mass is 228 g/mol. The van der Waals surface area contributed by atoms with Crippen molar-refractivity contribution in [2.75, 3.05) is 6.61 Å². The minimum Gasteiger partial charge on any atom is -0.375 e. The molecule has 0 unspecified atom stereocenters. The van der Waals surface area contributed by atoms with Crippen LogP contribution in [0, 0.1) is 5.82 Å². The quantitative estimate of drug-likeness (QED) is 0.711. The van der Waals surface area contributed by atoms with E-state index in [1.54, 1.807) is 6.07 Å². The number of ether oxygens (including phenoxy) is 1. The zero-order valence-electron chi connectivity index (χ0n) is 8.89. The molecule has 1 aromatic carbocycles. The van der Waals surface area contributed by atoms with Crippen LogP contribution < -0.4 is 0 Å². The van der Waals surface area contributed by atoms with Crippen molar-refractivity contribution < 1.29 is 9.13 Å². The van der Waals surface area contributed by atoms with Crippen LogP contribution in [0.15, 0.2) is 18.2 Å². The molecule has 15 heavy (non-hydrogen) atoms. The van der Waals surface area contributed by atoms with Gasteiger partial charge in [-0.1, -0.05) is 17.7 Å². The van der Waals surface area contributed by atoms with Crippen LogP contribution in [0.25, 0.3) is 0 Å². The predicted octanol–water partition coefficient (Wildman–Crippen LogP) is 3.76. The lowest BCUT2D eigenvalue weighted by molar-refractivity contribution is 0.0361. The van der Waals surface area contributed by atoms with Gasteiger partial charge in [0.2, 0.25) is 0 Å². The van der Waals surface area contributed by atoms with E-state index in [-0.39, 0.29) is 22.4 Å². The van der Waals surface area contributed by atoms with Crippen molar-refractivity contribution in [1.29, 1.82) is 0 Å². The molecule has 3 heteroatoms. The zero-order chi connectivity index (χ0) is 11.1. The van der Waals surface area contributed by atoms with Gasteiger partial charge in [0.25, 0.3) is 0 Å². The third-order valence-corrected chi connectivity index (χ3v) is 3.13. The summed E-state index contributed by atoms with van der Waals surface area (Å²) < 4.78 is 18.9. The standard InChI is InChI=1S/C12H14ClFO/c1-12(2)6-9(7-15-12)8-3-4-10(13)11(14)5-8/h3-5,9H,6-7H2,1-2H3/t9-/m1/s1. The Kier molecular flexibility index (Phi) is 2.73. The van der Waals surface area contributed by atoms with Gasteiger partial charge in [-0.15, -0.1) is 0 Å². The normalized spacial score (nSPS) is 24.4. The molecule has 1 fully saturated rings.